The highest BCUT2D eigenvalue weighted by Gasteiger charge is 2.46. The number of carboxylic acids is 1. The Morgan fingerprint density at radius 1 is 0.973 bits per heavy atom. The molecule has 0 saturated heterocycles. The molecule has 0 spiro atoms. The molecule has 1 aliphatic carbocycles. The Bertz CT molecular complexity index is 1400. The van der Waals surface area contributed by atoms with Crippen LogP contribution in [-0.2, 0) is 14.4 Å². The molecule has 0 bridgehead atoms. The van der Waals surface area contributed by atoms with Crippen molar-refractivity contribution >= 4 is 34.7 Å². The van der Waals surface area contributed by atoms with Gasteiger partial charge in [0, 0.05) is 24.1 Å². The van der Waals surface area contributed by atoms with E-state index in [4.69, 9.17) is 4.99 Å². The molecular weight excluding hydrogens is 471 g/mol. The topological polar surface area (TPSA) is 87.0 Å². The maximum Gasteiger partial charge on any atom is 0.303 e. The number of ketones is 1. The number of hydrogen-bond acceptors (Lipinski definition) is 4. The van der Waals surface area contributed by atoms with Crippen LogP contribution in [0.15, 0.2) is 77.8 Å². The van der Waals surface area contributed by atoms with E-state index in [-0.39, 0.29) is 36.5 Å². The maximum atomic E-state index is 15.3. The molecule has 188 valence electrons. The van der Waals surface area contributed by atoms with E-state index in [0.29, 0.717) is 23.5 Å². The van der Waals surface area contributed by atoms with Gasteiger partial charge in [0.1, 0.15) is 11.6 Å². The normalized spacial score (nSPS) is 20.9. The van der Waals surface area contributed by atoms with Gasteiger partial charge in [-0.25, -0.2) is 4.39 Å². The molecule has 0 aromatic heterocycles. The van der Waals surface area contributed by atoms with Gasteiger partial charge < -0.3 is 10.0 Å². The molecule has 3 unspecified atom stereocenters. The average Bonchev–Trinajstić information content (AvgIpc) is 3.02. The van der Waals surface area contributed by atoms with Gasteiger partial charge in [-0.05, 0) is 43.0 Å². The third kappa shape index (κ3) is 4.81. The molecule has 3 atom stereocenters. The highest BCUT2D eigenvalue weighted by Crippen LogP contribution is 2.48. The lowest BCUT2D eigenvalue weighted by molar-refractivity contribution is -0.138. The van der Waals surface area contributed by atoms with Crippen LogP contribution in [0.4, 0.5) is 15.8 Å². The van der Waals surface area contributed by atoms with Crippen molar-refractivity contribution in [1.82, 2.24) is 0 Å². The van der Waals surface area contributed by atoms with E-state index in [2.05, 4.69) is 0 Å². The Morgan fingerprint density at radius 3 is 2.41 bits per heavy atom. The largest absolute Gasteiger partial charge is 0.481 e. The lowest BCUT2D eigenvalue weighted by Gasteiger charge is -2.39. The van der Waals surface area contributed by atoms with Crippen LogP contribution >= 0.6 is 0 Å². The van der Waals surface area contributed by atoms with Gasteiger partial charge in [-0.1, -0.05) is 60.2 Å². The SMILES string of the molecule is Cc1ccc(C2CC(=O)C3C(=Nc4ccccc4N(C(=O)CCC(=O)O)C3c3ccccc3F)C2)cc1. The second-order valence-electron chi connectivity index (χ2n) is 9.68. The van der Waals surface area contributed by atoms with Crippen molar-refractivity contribution in [3.05, 3.63) is 95.3 Å². The molecular formula is C30H27FN2O4. The third-order valence-electron chi connectivity index (χ3n) is 7.20. The Kier molecular flexibility index (Phi) is 6.70. The number of carboxylic acid groups (broad SMARTS) is 1. The van der Waals surface area contributed by atoms with E-state index < -0.39 is 29.7 Å². The molecule has 1 saturated carbocycles. The monoisotopic (exact) mass is 498 g/mol. The Balaban J connectivity index is 1.66. The van der Waals surface area contributed by atoms with Gasteiger partial charge in [0.05, 0.1) is 29.8 Å². The smallest absolute Gasteiger partial charge is 0.303 e. The Hall–Kier alpha value is -4.13. The molecule has 0 radical (unpaired) electrons. The van der Waals surface area contributed by atoms with Crippen molar-refractivity contribution in [2.24, 2.45) is 10.9 Å². The fraction of sp³-hybridized carbons (Fsp3) is 0.267. The molecule has 37 heavy (non-hydrogen) atoms. The number of benzene rings is 3. The van der Waals surface area contributed by atoms with Crippen molar-refractivity contribution in [1.29, 1.82) is 0 Å². The van der Waals surface area contributed by atoms with Crippen LogP contribution in [0.3, 0.4) is 0 Å². The summed E-state index contributed by atoms with van der Waals surface area (Å²) in [5.74, 6) is -3.17. The number of rotatable bonds is 5. The van der Waals surface area contributed by atoms with E-state index in [9.17, 15) is 19.5 Å². The zero-order valence-electron chi connectivity index (χ0n) is 20.4. The number of anilines is 1. The molecule has 6 nitrogen and oxygen atoms in total. The van der Waals surface area contributed by atoms with Crippen molar-refractivity contribution in [2.45, 2.75) is 44.6 Å². The molecule has 3 aromatic carbocycles. The van der Waals surface area contributed by atoms with Gasteiger partial charge in [-0.2, -0.15) is 0 Å². The quantitative estimate of drug-likeness (QED) is 0.473. The Morgan fingerprint density at radius 2 is 1.68 bits per heavy atom. The fourth-order valence-corrected chi connectivity index (χ4v) is 5.43. The van der Waals surface area contributed by atoms with Crippen LogP contribution in [0, 0.1) is 18.7 Å². The second-order valence-corrected chi connectivity index (χ2v) is 9.68. The van der Waals surface area contributed by atoms with Gasteiger partial charge in [0.25, 0.3) is 0 Å². The summed E-state index contributed by atoms with van der Waals surface area (Å²) in [6.45, 7) is 2.01. The molecule has 3 aromatic rings. The van der Waals surface area contributed by atoms with Crippen LogP contribution in [0.25, 0.3) is 0 Å². The minimum absolute atomic E-state index is 0.0780. The average molecular weight is 499 g/mol. The molecule has 1 heterocycles. The highest BCUT2D eigenvalue weighted by molar-refractivity contribution is 6.13. The predicted octanol–water partition coefficient (Wildman–Crippen LogP) is 5.92. The molecule has 7 heteroatoms. The minimum atomic E-state index is -1.11. The molecule has 1 N–H and O–H groups in total. The number of aryl methyl sites for hydroxylation is 1. The van der Waals surface area contributed by atoms with Crippen LogP contribution < -0.4 is 4.90 Å². The molecule has 2 aliphatic rings. The summed E-state index contributed by atoms with van der Waals surface area (Å²) >= 11 is 0. The number of aliphatic carboxylic acids is 1. The summed E-state index contributed by atoms with van der Waals surface area (Å²) in [5, 5.41) is 9.22. The lowest BCUT2D eigenvalue weighted by atomic mass is 9.72. The first-order valence-corrected chi connectivity index (χ1v) is 12.4. The number of para-hydroxylation sites is 2. The van der Waals surface area contributed by atoms with Crippen LogP contribution in [-0.4, -0.2) is 28.5 Å². The molecule has 1 fully saturated rings. The third-order valence-corrected chi connectivity index (χ3v) is 7.20. The minimum Gasteiger partial charge on any atom is -0.481 e. The second kappa shape index (κ2) is 10.1. The number of nitrogens with zero attached hydrogens (tertiary/aromatic N) is 2. The van der Waals surface area contributed by atoms with Crippen molar-refractivity contribution in [3.8, 4) is 0 Å². The summed E-state index contributed by atoms with van der Waals surface area (Å²) in [6, 6.07) is 20.3. The van der Waals surface area contributed by atoms with Crippen LogP contribution in [0.1, 0.15) is 54.3 Å². The molecule has 1 aliphatic heterocycles. The zero-order valence-corrected chi connectivity index (χ0v) is 20.4. The standard InChI is InChI=1S/C30H27FN2O4/c1-18-10-12-19(13-11-18)20-16-24-29(26(34)17-20)30(21-6-2-3-7-22(21)31)33(27(35)14-15-28(36)37)25-9-5-4-8-23(25)32-24/h2-13,20,29-30H,14-17H2,1H3,(H,36,37). The predicted molar refractivity (Wildman–Crippen MR) is 139 cm³/mol. The van der Waals surface area contributed by atoms with E-state index in [1.165, 1.54) is 11.0 Å². The van der Waals surface area contributed by atoms with Crippen molar-refractivity contribution < 1.29 is 23.9 Å². The zero-order chi connectivity index (χ0) is 26.1. The summed E-state index contributed by atoms with van der Waals surface area (Å²) in [5.41, 5.74) is 3.92. The Labute approximate surface area is 214 Å². The number of aliphatic imine (C=N–C) groups is 1. The number of carbonyl (C=O) groups excluding carboxylic acids is 2. The summed E-state index contributed by atoms with van der Waals surface area (Å²) in [6.07, 6.45) is 0.0846. The van der Waals surface area contributed by atoms with E-state index in [1.54, 1.807) is 42.5 Å². The molecule has 1 amide bonds. The van der Waals surface area contributed by atoms with E-state index in [0.717, 1.165) is 11.1 Å². The number of hydrogen-bond donors (Lipinski definition) is 1. The van der Waals surface area contributed by atoms with E-state index >= 15 is 4.39 Å². The number of fused-ring (bicyclic) bond motifs is 2. The van der Waals surface area contributed by atoms with Gasteiger partial charge in [0.15, 0.2) is 0 Å². The van der Waals surface area contributed by atoms with Crippen molar-refractivity contribution in [2.75, 3.05) is 4.90 Å². The maximum absolute atomic E-state index is 15.3. The summed E-state index contributed by atoms with van der Waals surface area (Å²) in [7, 11) is 0. The van der Waals surface area contributed by atoms with E-state index in [1.807, 2.05) is 31.2 Å². The number of carbonyl (C=O) groups is 3. The summed E-state index contributed by atoms with van der Waals surface area (Å²) in [4.78, 5) is 45.0. The summed E-state index contributed by atoms with van der Waals surface area (Å²) < 4.78 is 15.3. The number of halogens is 1. The lowest BCUT2D eigenvalue weighted by Crippen LogP contribution is -2.46. The van der Waals surface area contributed by atoms with Crippen molar-refractivity contribution in [3.63, 3.8) is 0 Å². The fourth-order valence-electron chi connectivity index (χ4n) is 5.43. The van der Waals surface area contributed by atoms with Crippen LogP contribution in [0.2, 0.25) is 0 Å². The number of amides is 1. The number of Topliss-reactive ketones (excluding diaryl/α,β-unsaturated/α-hetero) is 1. The van der Waals surface area contributed by atoms with Gasteiger partial charge in [-0.3, -0.25) is 19.4 Å². The van der Waals surface area contributed by atoms with Crippen LogP contribution in [0.5, 0.6) is 0 Å². The van der Waals surface area contributed by atoms with Gasteiger partial charge in [0.2, 0.25) is 5.91 Å². The van der Waals surface area contributed by atoms with Gasteiger partial charge >= 0.3 is 5.97 Å². The first-order valence-electron chi connectivity index (χ1n) is 12.4. The highest BCUT2D eigenvalue weighted by atomic mass is 19.1. The first-order chi connectivity index (χ1) is 17.8. The van der Waals surface area contributed by atoms with Gasteiger partial charge in [-0.15, -0.1) is 0 Å². The molecule has 5 rings (SSSR count). The first kappa shape index (κ1) is 24.6.